The molecule has 0 aliphatic heterocycles. The fraction of sp³-hybridized carbons (Fsp3) is 0.800. The van der Waals surface area contributed by atoms with Crippen molar-refractivity contribution in [1.82, 2.24) is 10.6 Å². The Labute approximate surface area is 132 Å². The zero-order chi connectivity index (χ0) is 17.0. The molecule has 1 atom stereocenters. The molecule has 0 rings (SSSR count). The first kappa shape index (κ1) is 20.2. The van der Waals surface area contributed by atoms with E-state index in [1.165, 1.54) is 0 Å². The van der Waals surface area contributed by atoms with Crippen molar-refractivity contribution < 1.29 is 23.9 Å². The summed E-state index contributed by atoms with van der Waals surface area (Å²) in [6, 6.07) is -0.733. The van der Waals surface area contributed by atoms with Crippen LogP contribution in [0.3, 0.4) is 0 Å². The first-order valence-corrected chi connectivity index (χ1v) is 7.77. The van der Waals surface area contributed by atoms with Gasteiger partial charge < -0.3 is 20.1 Å². The first-order chi connectivity index (χ1) is 10.4. The van der Waals surface area contributed by atoms with Crippen molar-refractivity contribution in [1.29, 1.82) is 0 Å². The second kappa shape index (κ2) is 11.8. The topological polar surface area (TPSA) is 93.7 Å². The molecule has 0 radical (unpaired) electrons. The van der Waals surface area contributed by atoms with Gasteiger partial charge in [-0.1, -0.05) is 27.7 Å². The van der Waals surface area contributed by atoms with E-state index in [-0.39, 0.29) is 12.5 Å². The molecule has 1 unspecified atom stereocenters. The second-order valence-corrected chi connectivity index (χ2v) is 5.40. The Morgan fingerprint density at radius 1 is 1.00 bits per heavy atom. The van der Waals surface area contributed by atoms with E-state index < -0.39 is 24.0 Å². The van der Waals surface area contributed by atoms with Crippen LogP contribution >= 0.6 is 0 Å². The third kappa shape index (κ3) is 10.0. The maximum absolute atomic E-state index is 12.1. The number of hydrogen-bond acceptors (Lipinski definition) is 5. The Hall–Kier alpha value is -1.79. The predicted molar refractivity (Wildman–Crippen MR) is 82.3 cm³/mol. The molecule has 128 valence electrons. The lowest BCUT2D eigenvalue weighted by Crippen LogP contribution is -2.48. The fourth-order valence-electron chi connectivity index (χ4n) is 1.63. The molecule has 0 spiro atoms. The Bertz CT molecular complexity index is 358. The summed E-state index contributed by atoms with van der Waals surface area (Å²) in [5.74, 6) is -0.711. The molecule has 0 aliphatic rings. The highest BCUT2D eigenvalue weighted by atomic mass is 16.5. The zero-order valence-corrected chi connectivity index (χ0v) is 13.9. The van der Waals surface area contributed by atoms with Gasteiger partial charge in [0.2, 0.25) is 5.91 Å². The first-order valence-electron chi connectivity index (χ1n) is 7.77. The summed E-state index contributed by atoms with van der Waals surface area (Å²) in [5.41, 5.74) is 0. The number of esters is 1. The van der Waals surface area contributed by atoms with E-state index in [0.717, 1.165) is 6.42 Å². The number of rotatable bonds is 10. The lowest BCUT2D eigenvalue weighted by atomic mass is 10.0. The average molecular weight is 316 g/mol. The summed E-state index contributed by atoms with van der Waals surface area (Å²) >= 11 is 0. The van der Waals surface area contributed by atoms with Gasteiger partial charge in [0, 0.05) is 0 Å². The number of carbonyl (C=O) groups excluding carboxylic acids is 3. The van der Waals surface area contributed by atoms with Crippen LogP contribution in [0.4, 0.5) is 4.79 Å². The van der Waals surface area contributed by atoms with Crippen LogP contribution in [0.5, 0.6) is 0 Å². The van der Waals surface area contributed by atoms with Crippen molar-refractivity contribution in [2.45, 2.75) is 53.0 Å². The van der Waals surface area contributed by atoms with E-state index in [2.05, 4.69) is 10.6 Å². The molecule has 2 N–H and O–H groups in total. The highest BCUT2D eigenvalue weighted by Gasteiger charge is 2.23. The van der Waals surface area contributed by atoms with Gasteiger partial charge in [0.05, 0.1) is 13.2 Å². The van der Waals surface area contributed by atoms with E-state index in [9.17, 15) is 14.4 Å². The van der Waals surface area contributed by atoms with E-state index in [0.29, 0.717) is 26.1 Å². The number of alkyl carbamates (subject to hydrolysis) is 1. The average Bonchev–Trinajstić information content (AvgIpc) is 2.47. The largest absolute Gasteiger partial charge is 0.464 e. The molecule has 0 fully saturated rings. The molecule has 0 bridgehead atoms. The summed E-state index contributed by atoms with van der Waals surface area (Å²) in [6.45, 7) is 8.06. The minimum absolute atomic E-state index is 0.203. The van der Waals surface area contributed by atoms with Crippen molar-refractivity contribution in [3.8, 4) is 0 Å². The SMILES string of the molecule is CCCOC(=O)CNC(=O)C(CC(C)C)NC(=O)OCCC. The van der Waals surface area contributed by atoms with Crippen molar-refractivity contribution >= 4 is 18.0 Å². The van der Waals surface area contributed by atoms with Crippen LogP contribution < -0.4 is 10.6 Å². The predicted octanol–water partition coefficient (Wildman–Crippen LogP) is 1.61. The number of nitrogens with one attached hydrogen (secondary N) is 2. The molecule has 0 aromatic carbocycles. The van der Waals surface area contributed by atoms with Gasteiger partial charge >= 0.3 is 12.1 Å². The van der Waals surface area contributed by atoms with Gasteiger partial charge in [0.1, 0.15) is 12.6 Å². The van der Waals surface area contributed by atoms with Gasteiger partial charge in [-0.3, -0.25) is 9.59 Å². The summed E-state index contributed by atoms with van der Waals surface area (Å²) in [7, 11) is 0. The Balaban J connectivity index is 4.38. The molecule has 0 saturated heterocycles. The van der Waals surface area contributed by atoms with E-state index in [4.69, 9.17) is 9.47 Å². The molecule has 0 aromatic rings. The normalized spacial score (nSPS) is 11.7. The van der Waals surface area contributed by atoms with Crippen molar-refractivity contribution in [2.24, 2.45) is 5.92 Å². The van der Waals surface area contributed by atoms with Crippen molar-refractivity contribution in [3.63, 3.8) is 0 Å². The molecule has 0 aromatic heterocycles. The molecular formula is C15H28N2O5. The van der Waals surface area contributed by atoms with Crippen LogP contribution in [0.25, 0.3) is 0 Å². The van der Waals surface area contributed by atoms with Gasteiger partial charge in [0.15, 0.2) is 0 Å². The van der Waals surface area contributed by atoms with Crippen LogP contribution in [0.2, 0.25) is 0 Å². The van der Waals surface area contributed by atoms with Crippen LogP contribution in [0.15, 0.2) is 0 Å². The van der Waals surface area contributed by atoms with Gasteiger partial charge in [-0.05, 0) is 25.2 Å². The Kier molecular flexibility index (Phi) is 10.9. The van der Waals surface area contributed by atoms with Crippen LogP contribution in [-0.2, 0) is 19.1 Å². The highest BCUT2D eigenvalue weighted by Crippen LogP contribution is 2.05. The molecule has 2 amide bonds. The fourth-order valence-corrected chi connectivity index (χ4v) is 1.63. The van der Waals surface area contributed by atoms with Crippen molar-refractivity contribution in [2.75, 3.05) is 19.8 Å². The summed E-state index contributed by atoms with van der Waals surface area (Å²) in [5, 5.41) is 5.00. The standard InChI is InChI=1S/C15H28N2O5/c1-5-7-21-13(18)10-16-14(19)12(9-11(3)4)17-15(20)22-8-6-2/h11-12H,5-10H2,1-4H3,(H,16,19)(H,17,20). The quantitative estimate of drug-likeness (QED) is 0.597. The van der Waals surface area contributed by atoms with E-state index in [1.807, 2.05) is 27.7 Å². The molecule has 7 nitrogen and oxygen atoms in total. The van der Waals surface area contributed by atoms with Crippen molar-refractivity contribution in [3.05, 3.63) is 0 Å². The van der Waals surface area contributed by atoms with Gasteiger partial charge in [-0.15, -0.1) is 0 Å². The lowest BCUT2D eigenvalue weighted by molar-refractivity contribution is -0.144. The molecule has 0 aliphatic carbocycles. The number of carbonyl (C=O) groups is 3. The second-order valence-electron chi connectivity index (χ2n) is 5.40. The molecule has 7 heteroatoms. The van der Waals surface area contributed by atoms with Gasteiger partial charge in [-0.2, -0.15) is 0 Å². The third-order valence-electron chi connectivity index (χ3n) is 2.63. The number of ether oxygens (including phenoxy) is 2. The summed E-state index contributed by atoms with van der Waals surface area (Å²) in [4.78, 5) is 35.0. The number of hydrogen-bond donors (Lipinski definition) is 2. The maximum Gasteiger partial charge on any atom is 0.407 e. The van der Waals surface area contributed by atoms with Crippen LogP contribution in [0, 0.1) is 5.92 Å². The van der Waals surface area contributed by atoms with Crippen LogP contribution in [0.1, 0.15) is 47.0 Å². The highest BCUT2D eigenvalue weighted by molar-refractivity contribution is 5.88. The minimum atomic E-state index is -0.733. The van der Waals surface area contributed by atoms with Gasteiger partial charge in [0.25, 0.3) is 0 Å². The van der Waals surface area contributed by atoms with Crippen LogP contribution in [-0.4, -0.2) is 43.8 Å². The van der Waals surface area contributed by atoms with E-state index >= 15 is 0 Å². The smallest absolute Gasteiger partial charge is 0.407 e. The van der Waals surface area contributed by atoms with E-state index in [1.54, 1.807) is 0 Å². The summed E-state index contributed by atoms with van der Waals surface area (Å²) in [6.07, 6.45) is 1.26. The van der Waals surface area contributed by atoms with Gasteiger partial charge in [-0.25, -0.2) is 4.79 Å². The third-order valence-corrected chi connectivity index (χ3v) is 2.63. The Morgan fingerprint density at radius 3 is 2.14 bits per heavy atom. The molecule has 22 heavy (non-hydrogen) atoms. The maximum atomic E-state index is 12.1. The molecule has 0 saturated carbocycles. The molecule has 0 heterocycles. The monoisotopic (exact) mass is 316 g/mol. The Morgan fingerprint density at radius 2 is 1.59 bits per heavy atom. The zero-order valence-electron chi connectivity index (χ0n) is 13.9. The number of amides is 2. The minimum Gasteiger partial charge on any atom is -0.464 e. The summed E-state index contributed by atoms with van der Waals surface area (Å²) < 4.78 is 9.78. The lowest BCUT2D eigenvalue weighted by Gasteiger charge is -2.19. The molecular weight excluding hydrogens is 288 g/mol.